The summed E-state index contributed by atoms with van der Waals surface area (Å²) in [6.45, 7) is -0.511. The highest BCUT2D eigenvalue weighted by Gasteiger charge is 2.61. The molecule has 0 aromatic heterocycles. The van der Waals surface area contributed by atoms with E-state index in [0.29, 0.717) is 6.92 Å². The Labute approximate surface area is 163 Å². The predicted molar refractivity (Wildman–Crippen MR) is 77.7 cm³/mol. The van der Waals surface area contributed by atoms with Crippen molar-refractivity contribution in [2.75, 3.05) is 13.1 Å². The summed E-state index contributed by atoms with van der Waals surface area (Å²) >= 11 is 0. The fraction of sp³-hybridized carbons (Fsp3) is 1.00. The molecule has 30 heavy (non-hydrogen) atoms. The molecule has 1 fully saturated rings. The molecular weight excluding hydrogens is 454 g/mol. The van der Waals surface area contributed by atoms with Crippen molar-refractivity contribution >= 4 is 0 Å². The predicted octanol–water partition coefficient (Wildman–Crippen LogP) is 4.90. The first-order valence-electron chi connectivity index (χ1n) is 8.44. The van der Waals surface area contributed by atoms with Crippen LogP contribution in [-0.2, 0) is 9.47 Å². The van der Waals surface area contributed by atoms with Gasteiger partial charge >= 0.3 is 24.2 Å². The van der Waals surface area contributed by atoms with Crippen LogP contribution in [0, 0.1) is 0 Å². The number of rotatable bonds is 7. The third kappa shape index (κ3) is 6.05. The molecular formula is C15H19F12NO2. The quantitative estimate of drug-likeness (QED) is 0.388. The number of alkyl halides is 12. The molecule has 6 atom stereocenters. The van der Waals surface area contributed by atoms with Gasteiger partial charge in [0.1, 0.15) is 12.2 Å². The first kappa shape index (κ1) is 27.1. The topological polar surface area (TPSA) is 21.7 Å². The lowest BCUT2D eigenvalue weighted by Crippen LogP contribution is -2.60. The van der Waals surface area contributed by atoms with E-state index in [2.05, 4.69) is 9.47 Å². The maximum atomic E-state index is 14.4. The van der Waals surface area contributed by atoms with E-state index >= 15 is 0 Å². The highest BCUT2D eigenvalue weighted by molar-refractivity contribution is 4.92. The summed E-state index contributed by atoms with van der Waals surface area (Å²) in [4.78, 5) is 0.0582. The van der Waals surface area contributed by atoms with E-state index < -0.39 is 74.2 Å². The summed E-state index contributed by atoms with van der Waals surface area (Å²) in [5, 5.41) is 0. The minimum Gasteiger partial charge on any atom is -0.363 e. The largest absolute Gasteiger partial charge is 0.425 e. The average molecular weight is 473 g/mol. The second kappa shape index (κ2) is 8.88. The van der Waals surface area contributed by atoms with Gasteiger partial charge in [0.15, 0.2) is 6.10 Å². The average Bonchev–Trinajstić information content (AvgIpc) is 2.57. The van der Waals surface area contributed by atoms with E-state index in [1.54, 1.807) is 0 Å². The Morgan fingerprint density at radius 2 is 1.30 bits per heavy atom. The summed E-state index contributed by atoms with van der Waals surface area (Å²) in [6, 6.07) is 0. The van der Waals surface area contributed by atoms with Gasteiger partial charge in [0.25, 0.3) is 6.17 Å². The Morgan fingerprint density at radius 1 is 0.833 bits per heavy atom. The summed E-state index contributed by atoms with van der Waals surface area (Å²) < 4.78 is 167. The standard InChI is InChI=1S/C15H19F12NO2/c1-6-4-28(5-9(29-6)14(22,23)24)11(17)13(20,21)8(3)30-7(2)12(18,19)10(16)15(25,26)27/h6-11H,4-5H2,1-3H3. The normalized spacial score (nSPS) is 26.9. The van der Waals surface area contributed by atoms with Gasteiger partial charge in [-0.15, -0.1) is 0 Å². The zero-order valence-corrected chi connectivity index (χ0v) is 15.7. The molecule has 0 spiro atoms. The van der Waals surface area contributed by atoms with Crippen LogP contribution >= 0.6 is 0 Å². The van der Waals surface area contributed by atoms with Crippen molar-refractivity contribution in [1.29, 1.82) is 0 Å². The first-order valence-corrected chi connectivity index (χ1v) is 8.44. The van der Waals surface area contributed by atoms with Crippen molar-refractivity contribution in [3.63, 3.8) is 0 Å². The Hall–Kier alpha value is -0.960. The number of morpholine rings is 1. The van der Waals surface area contributed by atoms with Crippen LogP contribution < -0.4 is 0 Å². The Kier molecular flexibility index (Phi) is 8.02. The molecule has 1 heterocycles. The lowest BCUT2D eigenvalue weighted by Gasteiger charge is -2.42. The number of hydrogen-bond donors (Lipinski definition) is 0. The van der Waals surface area contributed by atoms with Crippen LogP contribution in [-0.4, -0.2) is 79.1 Å². The molecule has 0 radical (unpaired) electrons. The van der Waals surface area contributed by atoms with Crippen LogP contribution in [0.5, 0.6) is 0 Å². The summed E-state index contributed by atoms with van der Waals surface area (Å²) in [5.41, 5.74) is 0. The van der Waals surface area contributed by atoms with Gasteiger partial charge < -0.3 is 9.47 Å². The van der Waals surface area contributed by atoms with Crippen LogP contribution in [0.1, 0.15) is 20.8 Å². The van der Waals surface area contributed by atoms with Crippen molar-refractivity contribution in [2.24, 2.45) is 0 Å². The molecule has 1 aliphatic heterocycles. The van der Waals surface area contributed by atoms with Crippen molar-refractivity contribution in [1.82, 2.24) is 4.90 Å². The van der Waals surface area contributed by atoms with E-state index in [0.717, 1.165) is 6.92 Å². The molecule has 0 aliphatic carbocycles. The maximum absolute atomic E-state index is 14.4. The summed E-state index contributed by atoms with van der Waals surface area (Å²) in [7, 11) is 0. The van der Waals surface area contributed by atoms with Crippen molar-refractivity contribution < 1.29 is 62.2 Å². The SMILES string of the molecule is CC1CN(C(F)C(F)(F)C(C)OC(C)C(F)(F)C(F)C(F)(F)F)CC(C(F)(F)F)O1. The van der Waals surface area contributed by atoms with Gasteiger partial charge in [-0.3, -0.25) is 4.90 Å². The molecule has 0 aromatic carbocycles. The minimum atomic E-state index is -6.02. The molecule has 0 bridgehead atoms. The van der Waals surface area contributed by atoms with Crippen LogP contribution in [0.15, 0.2) is 0 Å². The van der Waals surface area contributed by atoms with Crippen LogP contribution in [0.3, 0.4) is 0 Å². The molecule has 6 unspecified atom stereocenters. The fourth-order valence-corrected chi connectivity index (χ4v) is 2.70. The molecule has 0 N–H and O–H groups in total. The summed E-state index contributed by atoms with van der Waals surface area (Å²) in [6.07, 6.45) is -29.1. The van der Waals surface area contributed by atoms with Gasteiger partial charge in [-0.05, 0) is 20.8 Å². The Morgan fingerprint density at radius 3 is 1.73 bits per heavy atom. The van der Waals surface area contributed by atoms with E-state index in [1.165, 1.54) is 0 Å². The van der Waals surface area contributed by atoms with Crippen LogP contribution in [0.4, 0.5) is 52.7 Å². The third-order valence-corrected chi connectivity index (χ3v) is 4.41. The monoisotopic (exact) mass is 473 g/mol. The number of nitrogens with zero attached hydrogens (tertiary/aromatic N) is 1. The third-order valence-electron chi connectivity index (χ3n) is 4.41. The molecule has 0 saturated carbocycles. The lowest BCUT2D eigenvalue weighted by atomic mass is 10.1. The molecule has 0 amide bonds. The Balaban J connectivity index is 2.93. The summed E-state index contributed by atoms with van der Waals surface area (Å²) in [5.74, 6) is -10.0. The van der Waals surface area contributed by atoms with E-state index in [4.69, 9.17) is 0 Å². The molecule has 1 aliphatic rings. The van der Waals surface area contributed by atoms with E-state index in [-0.39, 0.29) is 11.8 Å². The second-order valence-corrected chi connectivity index (χ2v) is 6.94. The zero-order chi connectivity index (χ0) is 23.9. The zero-order valence-electron chi connectivity index (χ0n) is 15.7. The molecule has 1 rings (SSSR count). The van der Waals surface area contributed by atoms with Crippen LogP contribution in [0.25, 0.3) is 0 Å². The lowest BCUT2D eigenvalue weighted by molar-refractivity contribution is -0.298. The van der Waals surface area contributed by atoms with Gasteiger partial charge in [-0.2, -0.15) is 35.1 Å². The fourth-order valence-electron chi connectivity index (χ4n) is 2.70. The smallest absolute Gasteiger partial charge is 0.363 e. The van der Waals surface area contributed by atoms with Gasteiger partial charge in [-0.1, -0.05) is 0 Å². The van der Waals surface area contributed by atoms with E-state index in [1.807, 2.05) is 0 Å². The number of ether oxygens (including phenoxy) is 2. The second-order valence-electron chi connectivity index (χ2n) is 6.94. The van der Waals surface area contributed by atoms with Gasteiger partial charge in [0, 0.05) is 13.1 Å². The number of halogens is 12. The number of hydrogen-bond acceptors (Lipinski definition) is 3. The molecule has 0 aromatic rings. The molecule has 1 saturated heterocycles. The van der Waals surface area contributed by atoms with Gasteiger partial charge in [0.2, 0.25) is 6.30 Å². The molecule has 180 valence electrons. The van der Waals surface area contributed by atoms with Crippen LogP contribution in [0.2, 0.25) is 0 Å². The van der Waals surface area contributed by atoms with Crippen molar-refractivity contribution in [3.8, 4) is 0 Å². The maximum Gasteiger partial charge on any atom is 0.425 e. The molecule has 15 heteroatoms. The highest BCUT2D eigenvalue weighted by atomic mass is 19.4. The Bertz CT molecular complexity index is 567. The highest BCUT2D eigenvalue weighted by Crippen LogP contribution is 2.40. The molecule has 3 nitrogen and oxygen atoms in total. The van der Waals surface area contributed by atoms with Gasteiger partial charge in [-0.25, -0.2) is 17.6 Å². The first-order chi connectivity index (χ1) is 13.2. The van der Waals surface area contributed by atoms with E-state index in [9.17, 15) is 52.7 Å². The van der Waals surface area contributed by atoms with Crippen molar-refractivity contribution in [3.05, 3.63) is 0 Å². The van der Waals surface area contributed by atoms with Gasteiger partial charge in [0.05, 0.1) is 6.10 Å². The minimum absolute atomic E-state index is 0.0582. The van der Waals surface area contributed by atoms with Crippen molar-refractivity contribution in [2.45, 2.75) is 81.9 Å².